The number of piperidine rings is 1. The lowest BCUT2D eigenvalue weighted by molar-refractivity contribution is 0.0232. The van der Waals surface area contributed by atoms with Gasteiger partial charge in [-0.05, 0) is 65.0 Å². The number of fused-ring (bicyclic) bond motifs is 1. The van der Waals surface area contributed by atoms with E-state index >= 15 is 0 Å². The lowest BCUT2D eigenvalue weighted by Crippen LogP contribution is -2.54. The van der Waals surface area contributed by atoms with Crippen molar-refractivity contribution in [3.8, 4) is 6.07 Å². The number of likely N-dealkylation sites (tertiary alicyclic amines) is 1. The van der Waals surface area contributed by atoms with Gasteiger partial charge in [0.15, 0.2) is 0 Å². The van der Waals surface area contributed by atoms with Crippen molar-refractivity contribution in [3.63, 3.8) is 0 Å². The van der Waals surface area contributed by atoms with Gasteiger partial charge in [-0.2, -0.15) is 5.26 Å². The fourth-order valence-electron chi connectivity index (χ4n) is 4.47. The fourth-order valence-corrected chi connectivity index (χ4v) is 4.47. The lowest BCUT2D eigenvalue weighted by Gasteiger charge is -2.48. The molecule has 4 atom stereocenters. The van der Waals surface area contributed by atoms with Gasteiger partial charge in [0.05, 0.1) is 6.07 Å². The predicted octanol–water partition coefficient (Wildman–Crippen LogP) is 3.31. The minimum atomic E-state index is -0.379. The summed E-state index contributed by atoms with van der Waals surface area (Å²) in [6.07, 6.45) is 9.33. The Hall–Kier alpha value is -0.590. The van der Waals surface area contributed by atoms with Crippen LogP contribution in [-0.4, -0.2) is 35.6 Å². The highest BCUT2D eigenvalue weighted by atomic mass is 15.2. The van der Waals surface area contributed by atoms with Crippen LogP contribution in [0.4, 0.5) is 0 Å². The van der Waals surface area contributed by atoms with Crippen molar-refractivity contribution in [2.24, 2.45) is 5.92 Å². The van der Waals surface area contributed by atoms with Gasteiger partial charge in [0.2, 0.25) is 0 Å². The molecule has 2 fully saturated rings. The number of hydrogen-bond acceptors (Lipinski definition) is 3. The minimum absolute atomic E-state index is 0.379. The Labute approximate surface area is 124 Å². The third-order valence-corrected chi connectivity index (χ3v) is 5.37. The predicted molar refractivity (Wildman–Crippen MR) is 83.5 cm³/mol. The first-order valence-electron chi connectivity index (χ1n) is 8.51. The maximum atomic E-state index is 9.47. The van der Waals surface area contributed by atoms with E-state index < -0.39 is 0 Å². The Kier molecular flexibility index (Phi) is 5.46. The zero-order chi connectivity index (χ0) is 14.6. The van der Waals surface area contributed by atoms with E-state index in [2.05, 4.69) is 37.1 Å². The van der Waals surface area contributed by atoms with E-state index in [4.69, 9.17) is 0 Å². The second-order valence-electron chi connectivity index (χ2n) is 7.02. The van der Waals surface area contributed by atoms with Crippen LogP contribution in [0.25, 0.3) is 0 Å². The molecule has 20 heavy (non-hydrogen) atoms. The highest BCUT2D eigenvalue weighted by Gasteiger charge is 2.37. The summed E-state index contributed by atoms with van der Waals surface area (Å²) >= 11 is 0. The molecular weight excluding hydrogens is 246 g/mol. The van der Waals surface area contributed by atoms with Gasteiger partial charge < -0.3 is 0 Å². The van der Waals surface area contributed by atoms with Crippen molar-refractivity contribution in [2.75, 3.05) is 13.1 Å². The van der Waals surface area contributed by atoms with Crippen LogP contribution in [0.1, 0.15) is 65.7 Å². The van der Waals surface area contributed by atoms with Crippen molar-refractivity contribution >= 4 is 0 Å². The maximum absolute atomic E-state index is 9.47. The Balaban J connectivity index is 2.00. The van der Waals surface area contributed by atoms with E-state index in [0.717, 1.165) is 24.9 Å². The number of nitriles is 1. The molecule has 1 N–H and O–H groups in total. The highest BCUT2D eigenvalue weighted by Crippen LogP contribution is 2.37. The quantitative estimate of drug-likeness (QED) is 0.838. The molecule has 1 saturated carbocycles. The summed E-state index contributed by atoms with van der Waals surface area (Å²) in [5, 5.41) is 12.8. The molecule has 1 heterocycles. The van der Waals surface area contributed by atoms with Crippen LogP contribution in [0.5, 0.6) is 0 Å². The van der Waals surface area contributed by atoms with Gasteiger partial charge in [0, 0.05) is 12.1 Å². The van der Waals surface area contributed by atoms with Crippen LogP contribution in [-0.2, 0) is 0 Å². The number of nitrogens with zero attached hydrogens (tertiary/aromatic N) is 2. The monoisotopic (exact) mass is 277 g/mol. The minimum Gasteiger partial charge on any atom is -0.300 e. The number of hydrogen-bond donors (Lipinski definition) is 1. The topological polar surface area (TPSA) is 39.1 Å². The molecule has 1 aliphatic heterocycles. The van der Waals surface area contributed by atoms with E-state index in [0.29, 0.717) is 6.04 Å². The maximum Gasteiger partial charge on any atom is 0.105 e. The van der Waals surface area contributed by atoms with E-state index in [9.17, 15) is 5.26 Å². The van der Waals surface area contributed by atoms with Gasteiger partial charge in [-0.3, -0.25) is 10.2 Å². The van der Waals surface area contributed by atoms with Crippen LogP contribution in [0, 0.1) is 17.2 Å². The molecule has 0 amide bonds. The van der Waals surface area contributed by atoms with Crippen molar-refractivity contribution in [3.05, 3.63) is 0 Å². The summed E-state index contributed by atoms with van der Waals surface area (Å²) in [4.78, 5) is 2.72. The van der Waals surface area contributed by atoms with Gasteiger partial charge >= 0.3 is 0 Å². The molecule has 0 aromatic rings. The zero-order valence-electron chi connectivity index (χ0n) is 13.5. The molecule has 1 aliphatic carbocycles. The molecule has 2 aliphatic rings. The smallest absolute Gasteiger partial charge is 0.105 e. The van der Waals surface area contributed by atoms with E-state index in [1.165, 1.54) is 45.1 Å². The number of rotatable bonds is 5. The first-order chi connectivity index (χ1) is 9.59. The molecule has 0 aromatic carbocycles. The average Bonchev–Trinajstić information content (AvgIpc) is 2.46. The second kappa shape index (κ2) is 6.91. The summed E-state index contributed by atoms with van der Waals surface area (Å²) in [6, 6.07) is 3.78. The van der Waals surface area contributed by atoms with Crippen LogP contribution in [0.15, 0.2) is 0 Å². The molecular formula is C17H31N3. The molecule has 0 aromatic heterocycles. The lowest BCUT2D eigenvalue weighted by atomic mass is 9.77. The molecule has 0 spiro atoms. The molecule has 2 rings (SSSR count). The number of nitrogens with one attached hydrogen (secondary N) is 1. The molecule has 4 unspecified atom stereocenters. The van der Waals surface area contributed by atoms with Crippen molar-refractivity contribution in [1.29, 1.82) is 5.26 Å². The Bertz CT molecular complexity index is 347. The average molecular weight is 277 g/mol. The molecule has 3 nitrogen and oxygen atoms in total. The van der Waals surface area contributed by atoms with Gasteiger partial charge in [-0.15, -0.1) is 0 Å². The van der Waals surface area contributed by atoms with Gasteiger partial charge in [0.25, 0.3) is 0 Å². The van der Waals surface area contributed by atoms with Crippen LogP contribution in [0.3, 0.4) is 0 Å². The van der Waals surface area contributed by atoms with Crippen LogP contribution >= 0.6 is 0 Å². The molecule has 3 heteroatoms. The Morgan fingerprint density at radius 2 is 2.00 bits per heavy atom. The Morgan fingerprint density at radius 3 is 2.70 bits per heavy atom. The van der Waals surface area contributed by atoms with E-state index in [-0.39, 0.29) is 5.54 Å². The van der Waals surface area contributed by atoms with Crippen molar-refractivity contribution < 1.29 is 0 Å². The largest absolute Gasteiger partial charge is 0.300 e. The van der Waals surface area contributed by atoms with Crippen molar-refractivity contribution in [2.45, 2.75) is 83.3 Å². The highest BCUT2D eigenvalue weighted by molar-refractivity contribution is 5.06. The Morgan fingerprint density at radius 1 is 1.30 bits per heavy atom. The van der Waals surface area contributed by atoms with E-state index in [1.807, 2.05) is 0 Å². The van der Waals surface area contributed by atoms with Gasteiger partial charge in [-0.1, -0.05) is 19.8 Å². The summed E-state index contributed by atoms with van der Waals surface area (Å²) in [7, 11) is 0. The zero-order valence-corrected chi connectivity index (χ0v) is 13.5. The summed E-state index contributed by atoms with van der Waals surface area (Å²) in [5.74, 6) is 0.924. The van der Waals surface area contributed by atoms with Crippen LogP contribution < -0.4 is 5.32 Å². The first-order valence-corrected chi connectivity index (χ1v) is 8.51. The summed E-state index contributed by atoms with van der Waals surface area (Å²) in [5.41, 5.74) is -0.379. The molecule has 0 radical (unpaired) electrons. The SMILES string of the molecule is CCNC(C)(C#N)CC(C)N1CCCC2CCCCC21. The fraction of sp³-hybridized carbons (Fsp3) is 0.941. The second-order valence-corrected chi connectivity index (χ2v) is 7.02. The van der Waals surface area contributed by atoms with Gasteiger partial charge in [0.1, 0.15) is 5.54 Å². The first kappa shape index (κ1) is 15.8. The molecule has 1 saturated heterocycles. The summed E-state index contributed by atoms with van der Waals surface area (Å²) in [6.45, 7) is 8.55. The van der Waals surface area contributed by atoms with E-state index in [1.54, 1.807) is 0 Å². The normalized spacial score (nSPS) is 31.9. The molecule has 114 valence electrons. The van der Waals surface area contributed by atoms with Crippen LogP contribution in [0.2, 0.25) is 0 Å². The summed E-state index contributed by atoms with van der Waals surface area (Å²) < 4.78 is 0. The standard InChI is InChI=1S/C17H31N3/c1-4-19-17(3,13-18)12-14(2)20-11-7-9-15-8-5-6-10-16(15)20/h14-16,19H,4-12H2,1-3H3. The molecule has 0 bridgehead atoms. The third-order valence-electron chi connectivity index (χ3n) is 5.37. The van der Waals surface area contributed by atoms with Crippen molar-refractivity contribution in [1.82, 2.24) is 10.2 Å². The van der Waals surface area contributed by atoms with Gasteiger partial charge in [-0.25, -0.2) is 0 Å². The third kappa shape index (κ3) is 3.54.